The van der Waals surface area contributed by atoms with Crippen LogP contribution in [0, 0.1) is 0 Å². The van der Waals surface area contributed by atoms with Crippen molar-refractivity contribution in [3.63, 3.8) is 0 Å². The molecule has 1 aliphatic heterocycles. The third kappa shape index (κ3) is 3.96. The quantitative estimate of drug-likeness (QED) is 0.842. The molecule has 1 saturated heterocycles. The summed E-state index contributed by atoms with van der Waals surface area (Å²) in [5, 5.41) is 3.19. The van der Waals surface area contributed by atoms with Crippen LogP contribution >= 0.6 is 0 Å². The van der Waals surface area contributed by atoms with Gasteiger partial charge < -0.3 is 10.2 Å². The van der Waals surface area contributed by atoms with Gasteiger partial charge in [0.25, 0.3) is 5.91 Å². The number of hydrogen-bond donors (Lipinski definition) is 1. The second-order valence-corrected chi connectivity index (χ2v) is 7.91. The van der Waals surface area contributed by atoms with Crippen molar-refractivity contribution in [1.82, 2.24) is 14.5 Å². The van der Waals surface area contributed by atoms with E-state index in [-0.39, 0.29) is 10.8 Å². The lowest BCUT2D eigenvalue weighted by atomic mass is 10.1. The highest BCUT2D eigenvalue weighted by atomic mass is 32.2. The second-order valence-electron chi connectivity index (χ2n) is 5.97. The van der Waals surface area contributed by atoms with Crippen molar-refractivity contribution in [2.75, 3.05) is 33.2 Å². The van der Waals surface area contributed by atoms with E-state index in [4.69, 9.17) is 0 Å². The lowest BCUT2D eigenvalue weighted by Crippen LogP contribution is -2.43. The molecule has 0 atom stereocenters. The molecular formula is C17H27N3O3S. The molecule has 134 valence electrons. The summed E-state index contributed by atoms with van der Waals surface area (Å²) in [6.07, 6.45) is 1.63. The van der Waals surface area contributed by atoms with E-state index in [2.05, 4.69) is 5.32 Å². The molecule has 24 heavy (non-hydrogen) atoms. The third-order valence-electron chi connectivity index (χ3n) is 4.65. The molecule has 1 aromatic carbocycles. The fourth-order valence-electron chi connectivity index (χ4n) is 3.00. The predicted molar refractivity (Wildman–Crippen MR) is 94.5 cm³/mol. The molecular weight excluding hydrogens is 326 g/mol. The number of sulfonamides is 1. The third-order valence-corrected chi connectivity index (χ3v) is 6.56. The highest BCUT2D eigenvalue weighted by Gasteiger charge is 2.29. The van der Waals surface area contributed by atoms with Gasteiger partial charge in [-0.15, -0.1) is 0 Å². The molecule has 1 amide bonds. The Morgan fingerprint density at radius 3 is 2.17 bits per heavy atom. The first-order valence-electron chi connectivity index (χ1n) is 8.50. The van der Waals surface area contributed by atoms with Crippen LogP contribution in [0.15, 0.2) is 29.2 Å². The minimum atomic E-state index is -3.49. The van der Waals surface area contributed by atoms with Crippen LogP contribution in [0.4, 0.5) is 0 Å². The zero-order chi connectivity index (χ0) is 17.7. The number of carbonyl (C=O) groups excluding carboxylic acids is 1. The van der Waals surface area contributed by atoms with Gasteiger partial charge in [0.1, 0.15) is 0 Å². The average molecular weight is 353 g/mol. The van der Waals surface area contributed by atoms with E-state index in [1.54, 1.807) is 17.0 Å². The van der Waals surface area contributed by atoms with Crippen molar-refractivity contribution in [2.45, 2.75) is 37.6 Å². The molecule has 1 heterocycles. The molecule has 7 heteroatoms. The Morgan fingerprint density at radius 1 is 1.17 bits per heavy atom. The minimum absolute atomic E-state index is 0.0706. The number of benzene rings is 1. The highest BCUT2D eigenvalue weighted by Crippen LogP contribution is 2.21. The van der Waals surface area contributed by atoms with E-state index in [0.717, 1.165) is 12.8 Å². The van der Waals surface area contributed by atoms with Crippen LogP contribution in [-0.2, 0) is 10.0 Å². The van der Waals surface area contributed by atoms with Crippen molar-refractivity contribution in [3.05, 3.63) is 29.8 Å². The number of amides is 1. The van der Waals surface area contributed by atoms with Gasteiger partial charge in [0.15, 0.2) is 0 Å². The first-order valence-corrected chi connectivity index (χ1v) is 9.94. The molecule has 1 fully saturated rings. The van der Waals surface area contributed by atoms with E-state index in [1.165, 1.54) is 16.4 Å². The largest absolute Gasteiger partial charge is 0.339 e. The minimum Gasteiger partial charge on any atom is -0.339 e. The maximum Gasteiger partial charge on any atom is 0.253 e. The molecule has 0 spiro atoms. The van der Waals surface area contributed by atoms with Gasteiger partial charge in [-0.05, 0) is 58.0 Å². The fraction of sp³-hybridized carbons (Fsp3) is 0.588. The summed E-state index contributed by atoms with van der Waals surface area (Å²) in [4.78, 5) is 14.3. The maximum atomic E-state index is 12.7. The lowest BCUT2D eigenvalue weighted by molar-refractivity contribution is 0.0773. The first kappa shape index (κ1) is 18.9. The molecule has 0 unspecified atom stereocenters. The van der Waals surface area contributed by atoms with E-state index >= 15 is 0 Å². The zero-order valence-electron chi connectivity index (χ0n) is 14.7. The van der Waals surface area contributed by atoms with Gasteiger partial charge in [-0.3, -0.25) is 4.79 Å². The van der Waals surface area contributed by atoms with E-state index in [1.807, 2.05) is 20.9 Å². The summed E-state index contributed by atoms with van der Waals surface area (Å²) in [6, 6.07) is 6.67. The van der Waals surface area contributed by atoms with Gasteiger partial charge in [0.2, 0.25) is 10.0 Å². The highest BCUT2D eigenvalue weighted by molar-refractivity contribution is 7.89. The van der Waals surface area contributed by atoms with Crippen LogP contribution in [-0.4, -0.2) is 62.8 Å². The van der Waals surface area contributed by atoms with Gasteiger partial charge >= 0.3 is 0 Å². The Bertz CT molecular complexity index is 646. The number of nitrogens with zero attached hydrogens (tertiary/aromatic N) is 2. The lowest BCUT2D eigenvalue weighted by Gasteiger charge is -2.31. The zero-order valence-corrected chi connectivity index (χ0v) is 15.5. The van der Waals surface area contributed by atoms with Crippen molar-refractivity contribution >= 4 is 15.9 Å². The van der Waals surface area contributed by atoms with Gasteiger partial charge in [0.05, 0.1) is 4.90 Å². The number of rotatable bonds is 6. The van der Waals surface area contributed by atoms with Crippen LogP contribution < -0.4 is 5.32 Å². The topological polar surface area (TPSA) is 69.7 Å². The van der Waals surface area contributed by atoms with E-state index < -0.39 is 10.0 Å². The smallest absolute Gasteiger partial charge is 0.253 e. The molecule has 1 N–H and O–H groups in total. The molecule has 1 aliphatic rings. The van der Waals surface area contributed by atoms with Crippen molar-refractivity contribution in [2.24, 2.45) is 0 Å². The standard InChI is InChI=1S/C17H27N3O3S/c1-4-19(5-2)17(21)14-6-8-16(9-7-14)24(22,23)20-12-10-15(18-3)11-13-20/h6-9,15,18H,4-5,10-13H2,1-3H3. The molecule has 1 aromatic rings. The maximum absolute atomic E-state index is 12.7. The van der Waals surface area contributed by atoms with Crippen LogP contribution in [0.3, 0.4) is 0 Å². The summed E-state index contributed by atoms with van der Waals surface area (Å²) in [5.74, 6) is -0.0706. The van der Waals surface area contributed by atoms with Gasteiger partial charge in [-0.1, -0.05) is 0 Å². The van der Waals surface area contributed by atoms with E-state index in [0.29, 0.717) is 37.8 Å². The predicted octanol–water partition coefficient (Wildman–Crippen LogP) is 1.54. The molecule has 0 radical (unpaired) electrons. The van der Waals surface area contributed by atoms with Gasteiger partial charge in [-0.25, -0.2) is 8.42 Å². The Hall–Kier alpha value is -1.44. The first-order chi connectivity index (χ1) is 11.4. The summed E-state index contributed by atoms with van der Waals surface area (Å²) in [7, 11) is -1.58. The fourth-order valence-corrected chi connectivity index (χ4v) is 4.47. The Labute approximate surface area is 144 Å². The van der Waals surface area contributed by atoms with Crippen LogP contribution in [0.25, 0.3) is 0 Å². The number of carbonyl (C=O) groups is 1. The number of piperidine rings is 1. The van der Waals surface area contributed by atoms with Gasteiger partial charge in [0, 0.05) is 37.8 Å². The van der Waals surface area contributed by atoms with E-state index in [9.17, 15) is 13.2 Å². The average Bonchev–Trinajstić information content (AvgIpc) is 2.62. The number of hydrogen-bond acceptors (Lipinski definition) is 4. The molecule has 6 nitrogen and oxygen atoms in total. The summed E-state index contributed by atoms with van der Waals surface area (Å²) in [5.41, 5.74) is 0.520. The van der Waals surface area contributed by atoms with Crippen molar-refractivity contribution in [1.29, 1.82) is 0 Å². The summed E-state index contributed by atoms with van der Waals surface area (Å²) in [6.45, 7) is 6.16. The Balaban J connectivity index is 2.13. The van der Waals surface area contributed by atoms with Crippen LogP contribution in [0.1, 0.15) is 37.0 Å². The van der Waals surface area contributed by atoms with Crippen molar-refractivity contribution < 1.29 is 13.2 Å². The summed E-state index contributed by atoms with van der Waals surface area (Å²) >= 11 is 0. The van der Waals surface area contributed by atoms with Crippen LogP contribution in [0.5, 0.6) is 0 Å². The normalized spacial score (nSPS) is 17.0. The monoisotopic (exact) mass is 353 g/mol. The summed E-state index contributed by atoms with van der Waals surface area (Å²) < 4.78 is 27.0. The number of nitrogens with one attached hydrogen (secondary N) is 1. The second kappa shape index (κ2) is 8.09. The van der Waals surface area contributed by atoms with Crippen molar-refractivity contribution in [3.8, 4) is 0 Å². The molecule has 2 rings (SSSR count). The Morgan fingerprint density at radius 2 is 1.71 bits per heavy atom. The SMILES string of the molecule is CCN(CC)C(=O)c1ccc(S(=O)(=O)N2CCC(NC)CC2)cc1. The molecule has 0 aliphatic carbocycles. The Kier molecular flexibility index (Phi) is 6.37. The molecule has 0 aromatic heterocycles. The molecule has 0 bridgehead atoms. The van der Waals surface area contributed by atoms with Crippen LogP contribution in [0.2, 0.25) is 0 Å². The van der Waals surface area contributed by atoms with Gasteiger partial charge in [-0.2, -0.15) is 4.31 Å². The molecule has 0 saturated carbocycles.